The van der Waals surface area contributed by atoms with Gasteiger partial charge in [0.1, 0.15) is 24.3 Å². The smallest absolute Gasteiger partial charge is 0.345 e. The number of benzene rings is 2. The van der Waals surface area contributed by atoms with Crippen LogP contribution in [0.2, 0.25) is 0 Å². The van der Waals surface area contributed by atoms with Gasteiger partial charge in [-0.05, 0) is 48.9 Å². The fraction of sp³-hybridized carbons (Fsp3) is 0.304. The lowest BCUT2D eigenvalue weighted by atomic mass is 9.95. The molecule has 0 aromatic heterocycles. The van der Waals surface area contributed by atoms with E-state index in [1.54, 1.807) is 5.32 Å². The molecule has 0 aliphatic carbocycles. The highest BCUT2D eigenvalue weighted by Crippen LogP contribution is 2.41. The van der Waals surface area contributed by atoms with Crippen LogP contribution in [0.5, 0.6) is 0 Å². The summed E-state index contributed by atoms with van der Waals surface area (Å²) in [4.78, 5) is 24.1. The van der Waals surface area contributed by atoms with Crippen molar-refractivity contribution >= 4 is 49.5 Å². The molecule has 0 aliphatic heterocycles. The van der Waals surface area contributed by atoms with Gasteiger partial charge < -0.3 is 10.6 Å². The van der Waals surface area contributed by atoms with Crippen molar-refractivity contribution in [2.75, 3.05) is 6.54 Å². The zero-order chi connectivity index (χ0) is 29.9. The molecule has 16 heteroatoms. The van der Waals surface area contributed by atoms with Crippen molar-refractivity contribution in [3.63, 3.8) is 0 Å². The van der Waals surface area contributed by atoms with Crippen LogP contribution in [0.1, 0.15) is 39.9 Å². The predicted molar refractivity (Wildman–Crippen MR) is 127 cm³/mol. The van der Waals surface area contributed by atoms with E-state index in [1.807, 2.05) is 0 Å². The van der Waals surface area contributed by atoms with Crippen LogP contribution >= 0.6 is 31.9 Å². The minimum atomic E-state index is -5.30. The van der Waals surface area contributed by atoms with E-state index in [2.05, 4.69) is 31.9 Å². The molecule has 0 heterocycles. The summed E-state index contributed by atoms with van der Waals surface area (Å²) in [5, 5.41) is 3.24. The van der Waals surface area contributed by atoms with Crippen LogP contribution in [0.4, 0.5) is 43.9 Å². The number of hydrogen-bond donors (Lipinski definition) is 2. The zero-order valence-corrected chi connectivity index (χ0v) is 22.4. The highest BCUT2D eigenvalue weighted by molar-refractivity contribution is 9.11. The highest BCUT2D eigenvalue weighted by Gasteiger charge is 2.41. The SMILES string of the molecule is CC(NC(=O)c1ccc(/C(F)=C/C(c2cc(Br)cc(Br)c2)C(F)(F)F)cc1C(F)(F)F)C(=O)NCC(F)(F)F. The van der Waals surface area contributed by atoms with Gasteiger partial charge in [-0.3, -0.25) is 9.59 Å². The van der Waals surface area contributed by atoms with E-state index in [0.717, 1.165) is 19.1 Å². The number of nitrogens with one attached hydrogen (secondary N) is 2. The van der Waals surface area contributed by atoms with Crippen molar-refractivity contribution in [2.24, 2.45) is 0 Å². The van der Waals surface area contributed by atoms with Crippen LogP contribution in [0, 0.1) is 0 Å². The van der Waals surface area contributed by atoms with Crippen LogP contribution in [0.3, 0.4) is 0 Å². The minimum absolute atomic E-state index is 0.0799. The Morgan fingerprint density at radius 3 is 1.97 bits per heavy atom. The Balaban J connectivity index is 2.43. The van der Waals surface area contributed by atoms with Gasteiger partial charge in [0, 0.05) is 14.5 Å². The maximum absolute atomic E-state index is 14.9. The molecule has 0 saturated heterocycles. The van der Waals surface area contributed by atoms with Gasteiger partial charge in [0.25, 0.3) is 5.91 Å². The number of hydrogen-bond acceptors (Lipinski definition) is 2. The van der Waals surface area contributed by atoms with Crippen molar-refractivity contribution in [3.05, 3.63) is 73.7 Å². The molecule has 2 atom stereocenters. The lowest BCUT2D eigenvalue weighted by Gasteiger charge is -2.19. The molecule has 2 N–H and O–H groups in total. The Hall–Kier alpha value is -2.62. The number of allylic oxidation sites excluding steroid dienone is 1. The van der Waals surface area contributed by atoms with E-state index >= 15 is 0 Å². The maximum Gasteiger partial charge on any atom is 0.417 e. The largest absolute Gasteiger partial charge is 0.417 e. The third kappa shape index (κ3) is 9.51. The quantitative estimate of drug-likeness (QED) is 0.291. The Kier molecular flexibility index (Phi) is 10.3. The average molecular weight is 702 g/mol. The van der Waals surface area contributed by atoms with Gasteiger partial charge in [-0.15, -0.1) is 0 Å². The Labute approximate surface area is 231 Å². The molecular weight excluding hydrogens is 686 g/mol. The molecule has 2 aromatic rings. The molecule has 0 saturated carbocycles. The predicted octanol–water partition coefficient (Wildman–Crippen LogP) is 7.68. The number of alkyl halides is 9. The zero-order valence-electron chi connectivity index (χ0n) is 19.3. The van der Waals surface area contributed by atoms with Crippen LogP contribution in [-0.2, 0) is 11.0 Å². The first kappa shape index (κ1) is 32.6. The summed E-state index contributed by atoms with van der Waals surface area (Å²) in [6.45, 7) is -0.846. The van der Waals surface area contributed by atoms with Crippen molar-refractivity contribution in [2.45, 2.75) is 37.4 Å². The van der Waals surface area contributed by atoms with Gasteiger partial charge in [-0.25, -0.2) is 4.39 Å². The molecular formula is C23H16Br2F10N2O2. The van der Waals surface area contributed by atoms with Gasteiger partial charge in [-0.1, -0.05) is 37.9 Å². The van der Waals surface area contributed by atoms with E-state index in [0.29, 0.717) is 12.1 Å². The summed E-state index contributed by atoms with van der Waals surface area (Å²) >= 11 is 6.01. The maximum atomic E-state index is 14.9. The summed E-state index contributed by atoms with van der Waals surface area (Å²) < 4.78 is 134. The number of rotatable bonds is 7. The van der Waals surface area contributed by atoms with E-state index < -0.39 is 76.9 Å². The number of carbonyl (C=O) groups is 2. The van der Waals surface area contributed by atoms with Gasteiger partial charge in [0.2, 0.25) is 5.91 Å². The van der Waals surface area contributed by atoms with Gasteiger partial charge >= 0.3 is 18.5 Å². The number of carbonyl (C=O) groups excluding carboxylic acids is 2. The first-order valence-electron chi connectivity index (χ1n) is 10.5. The third-order valence-corrected chi connectivity index (χ3v) is 5.87. The van der Waals surface area contributed by atoms with Crippen LogP contribution in [-0.4, -0.2) is 36.8 Å². The molecule has 2 unspecified atom stereocenters. The lowest BCUT2D eigenvalue weighted by molar-refractivity contribution is -0.140. The molecule has 214 valence electrons. The summed E-state index contributed by atoms with van der Waals surface area (Å²) in [5.74, 6) is -7.12. The second-order valence-corrected chi connectivity index (χ2v) is 9.85. The molecule has 0 spiro atoms. The monoisotopic (exact) mass is 700 g/mol. The molecule has 0 radical (unpaired) electrons. The second kappa shape index (κ2) is 12.3. The molecule has 2 rings (SSSR count). The standard InChI is InChI=1S/C23H16Br2F10N2O2/c1-10(19(38)36-9-21(27,28)29)37-20(39)15-3-2-11(6-17(15)23(33,34)35)18(26)8-16(22(30,31)32)12-4-13(24)7-14(25)5-12/h2-8,10,16H,9H2,1H3,(H,36,38)(H,37,39)/b18-8-. The Bertz CT molecular complexity index is 1240. The second-order valence-electron chi connectivity index (χ2n) is 8.02. The molecule has 2 aromatic carbocycles. The molecule has 0 aliphatic rings. The minimum Gasteiger partial charge on any atom is -0.345 e. The molecule has 39 heavy (non-hydrogen) atoms. The van der Waals surface area contributed by atoms with Crippen molar-refractivity contribution < 1.29 is 53.5 Å². The van der Waals surface area contributed by atoms with Crippen molar-refractivity contribution in [1.29, 1.82) is 0 Å². The van der Waals surface area contributed by atoms with Crippen molar-refractivity contribution in [1.82, 2.24) is 10.6 Å². The number of halogens is 12. The Morgan fingerprint density at radius 1 is 0.923 bits per heavy atom. The summed E-state index contributed by atoms with van der Waals surface area (Å²) in [7, 11) is 0. The number of amides is 2. The van der Waals surface area contributed by atoms with E-state index in [-0.39, 0.29) is 21.1 Å². The third-order valence-electron chi connectivity index (χ3n) is 4.96. The van der Waals surface area contributed by atoms with Gasteiger partial charge in [-0.2, -0.15) is 39.5 Å². The average Bonchev–Trinajstić information content (AvgIpc) is 2.77. The normalized spacial score (nSPS) is 14.5. The first-order chi connectivity index (χ1) is 17.7. The molecule has 4 nitrogen and oxygen atoms in total. The van der Waals surface area contributed by atoms with Crippen molar-refractivity contribution in [3.8, 4) is 0 Å². The topological polar surface area (TPSA) is 58.2 Å². The lowest BCUT2D eigenvalue weighted by Crippen LogP contribution is -2.47. The summed E-state index contributed by atoms with van der Waals surface area (Å²) in [6, 6.07) is 3.01. The van der Waals surface area contributed by atoms with E-state index in [1.165, 1.54) is 11.4 Å². The molecule has 2 amide bonds. The van der Waals surface area contributed by atoms with E-state index in [4.69, 9.17) is 0 Å². The fourth-order valence-corrected chi connectivity index (χ4v) is 4.51. The van der Waals surface area contributed by atoms with Crippen LogP contribution in [0.15, 0.2) is 51.4 Å². The summed E-state index contributed by atoms with van der Waals surface area (Å²) in [5.41, 5.74) is -4.25. The fourth-order valence-electron chi connectivity index (χ4n) is 3.18. The summed E-state index contributed by atoms with van der Waals surface area (Å²) in [6.07, 6.45) is -15.0. The van der Waals surface area contributed by atoms with E-state index in [9.17, 15) is 53.5 Å². The molecule has 0 bridgehead atoms. The van der Waals surface area contributed by atoms with Gasteiger partial charge in [0.15, 0.2) is 0 Å². The Morgan fingerprint density at radius 2 is 1.49 bits per heavy atom. The van der Waals surface area contributed by atoms with Crippen LogP contribution < -0.4 is 10.6 Å². The van der Waals surface area contributed by atoms with Crippen LogP contribution in [0.25, 0.3) is 5.83 Å². The van der Waals surface area contributed by atoms with Gasteiger partial charge in [0.05, 0.1) is 11.1 Å². The molecule has 0 fully saturated rings. The highest BCUT2D eigenvalue weighted by atomic mass is 79.9. The first-order valence-corrected chi connectivity index (χ1v) is 12.0.